The highest BCUT2D eigenvalue weighted by Gasteiger charge is 2.45. The minimum absolute atomic E-state index is 0.0965. The summed E-state index contributed by atoms with van der Waals surface area (Å²) >= 11 is 1.25. The van der Waals surface area contributed by atoms with E-state index >= 15 is 0 Å². The Balaban J connectivity index is 1.55. The van der Waals surface area contributed by atoms with Crippen LogP contribution in [-0.4, -0.2) is 45.7 Å². The van der Waals surface area contributed by atoms with Crippen molar-refractivity contribution in [3.8, 4) is 17.0 Å². The van der Waals surface area contributed by atoms with Crippen molar-refractivity contribution in [1.29, 1.82) is 0 Å². The number of nitro groups is 1. The molecule has 0 radical (unpaired) electrons. The van der Waals surface area contributed by atoms with Crippen LogP contribution in [0.15, 0.2) is 42.5 Å². The van der Waals surface area contributed by atoms with Gasteiger partial charge in [0.2, 0.25) is 5.91 Å². The number of amides is 3. The number of anilines is 1. The van der Waals surface area contributed by atoms with Gasteiger partial charge in [-0.3, -0.25) is 29.4 Å². The number of aromatic nitrogens is 1. The third kappa shape index (κ3) is 3.82. The van der Waals surface area contributed by atoms with Crippen LogP contribution in [0.1, 0.15) is 32.5 Å². The lowest BCUT2D eigenvalue weighted by Crippen LogP contribution is -2.45. The third-order valence-corrected chi connectivity index (χ3v) is 6.16. The number of hydrogen-bond acceptors (Lipinski definition) is 8. The number of methoxy groups -OCH3 is 1. The monoisotopic (exact) mass is 466 g/mol. The van der Waals surface area contributed by atoms with Crippen molar-refractivity contribution in [3.05, 3.63) is 68.6 Å². The van der Waals surface area contributed by atoms with Crippen molar-refractivity contribution in [2.75, 3.05) is 12.4 Å². The quantitative estimate of drug-likeness (QED) is 0.333. The van der Waals surface area contributed by atoms with Crippen molar-refractivity contribution in [1.82, 2.24) is 9.88 Å². The molecule has 10 nitrogen and oxygen atoms in total. The van der Waals surface area contributed by atoms with Gasteiger partial charge in [-0.25, -0.2) is 4.98 Å². The van der Waals surface area contributed by atoms with E-state index in [4.69, 9.17) is 4.74 Å². The predicted octanol–water partition coefficient (Wildman–Crippen LogP) is 3.66. The number of hydrogen-bond donors (Lipinski definition) is 1. The van der Waals surface area contributed by atoms with Crippen LogP contribution in [0.4, 0.5) is 10.8 Å². The zero-order valence-electron chi connectivity index (χ0n) is 17.8. The molecule has 0 saturated heterocycles. The van der Waals surface area contributed by atoms with Gasteiger partial charge in [0.05, 0.1) is 23.3 Å². The van der Waals surface area contributed by atoms with Crippen LogP contribution in [0.5, 0.6) is 5.75 Å². The average Bonchev–Trinajstić information content (AvgIpc) is 3.29. The second-order valence-corrected chi connectivity index (χ2v) is 8.46. The van der Waals surface area contributed by atoms with Crippen molar-refractivity contribution >= 4 is 39.9 Å². The van der Waals surface area contributed by atoms with Gasteiger partial charge in [-0.2, -0.15) is 0 Å². The van der Waals surface area contributed by atoms with Crippen LogP contribution in [0.2, 0.25) is 0 Å². The zero-order chi connectivity index (χ0) is 23.9. The Morgan fingerprint density at radius 2 is 1.88 bits per heavy atom. The van der Waals surface area contributed by atoms with Gasteiger partial charge in [0, 0.05) is 16.5 Å². The molecule has 168 valence electrons. The number of rotatable bonds is 6. The molecule has 3 amide bonds. The lowest BCUT2D eigenvalue weighted by Gasteiger charge is -2.20. The number of thiazole rings is 1. The van der Waals surface area contributed by atoms with E-state index in [0.29, 0.717) is 16.6 Å². The fraction of sp³-hybridized carbons (Fsp3) is 0.182. The van der Waals surface area contributed by atoms with E-state index in [9.17, 15) is 24.5 Å². The maximum absolute atomic E-state index is 12.9. The maximum Gasteiger partial charge on any atom is 0.282 e. The number of nitro benzene ring substituents is 1. The van der Waals surface area contributed by atoms with Crippen molar-refractivity contribution in [2.24, 2.45) is 0 Å². The Bertz CT molecular complexity index is 1300. The van der Waals surface area contributed by atoms with Gasteiger partial charge in [-0.1, -0.05) is 6.07 Å². The summed E-state index contributed by atoms with van der Waals surface area (Å²) in [5, 5.41) is 14.2. The Morgan fingerprint density at radius 1 is 1.18 bits per heavy atom. The Morgan fingerprint density at radius 3 is 2.52 bits per heavy atom. The highest BCUT2D eigenvalue weighted by Crippen LogP contribution is 2.33. The van der Waals surface area contributed by atoms with E-state index in [2.05, 4.69) is 10.3 Å². The summed E-state index contributed by atoms with van der Waals surface area (Å²) in [7, 11) is 1.57. The van der Waals surface area contributed by atoms with Crippen LogP contribution in [0, 0.1) is 17.0 Å². The lowest BCUT2D eigenvalue weighted by molar-refractivity contribution is -0.385. The summed E-state index contributed by atoms with van der Waals surface area (Å²) in [6.45, 7) is 3.24. The minimum atomic E-state index is -1.20. The van der Waals surface area contributed by atoms with E-state index < -0.39 is 34.4 Å². The summed E-state index contributed by atoms with van der Waals surface area (Å²) in [6.07, 6.45) is 0. The highest BCUT2D eigenvalue weighted by atomic mass is 32.1. The number of nitrogens with one attached hydrogen (secondary N) is 1. The second kappa shape index (κ2) is 8.43. The van der Waals surface area contributed by atoms with Gasteiger partial charge < -0.3 is 10.1 Å². The molecule has 0 bridgehead atoms. The molecule has 0 spiro atoms. The van der Waals surface area contributed by atoms with Gasteiger partial charge in [0.15, 0.2) is 5.13 Å². The molecule has 0 aliphatic carbocycles. The van der Waals surface area contributed by atoms with Crippen molar-refractivity contribution in [3.63, 3.8) is 0 Å². The molecule has 2 aromatic carbocycles. The third-order valence-electron chi connectivity index (χ3n) is 5.28. The Kier molecular flexibility index (Phi) is 5.64. The van der Waals surface area contributed by atoms with Crippen LogP contribution in [0.3, 0.4) is 0 Å². The van der Waals surface area contributed by atoms with Gasteiger partial charge in [0.25, 0.3) is 17.5 Å². The van der Waals surface area contributed by atoms with E-state index in [1.807, 2.05) is 19.1 Å². The van der Waals surface area contributed by atoms with Crippen LogP contribution < -0.4 is 10.1 Å². The predicted molar refractivity (Wildman–Crippen MR) is 121 cm³/mol. The van der Waals surface area contributed by atoms with Gasteiger partial charge in [0.1, 0.15) is 17.4 Å². The summed E-state index contributed by atoms with van der Waals surface area (Å²) in [5.74, 6) is -1.56. The first-order chi connectivity index (χ1) is 15.7. The molecule has 0 unspecified atom stereocenters. The molecule has 1 atom stereocenters. The van der Waals surface area contributed by atoms with E-state index in [-0.39, 0.29) is 11.1 Å². The molecule has 33 heavy (non-hydrogen) atoms. The maximum atomic E-state index is 12.9. The number of fused-ring (bicyclic) bond motifs is 1. The minimum Gasteiger partial charge on any atom is -0.497 e. The summed E-state index contributed by atoms with van der Waals surface area (Å²) in [5.41, 5.74) is 0.646. The highest BCUT2D eigenvalue weighted by molar-refractivity contribution is 7.16. The van der Waals surface area contributed by atoms with E-state index in [0.717, 1.165) is 21.4 Å². The number of carbonyl (C=O) groups excluding carboxylic acids is 3. The Hall–Kier alpha value is -4.12. The molecule has 4 rings (SSSR count). The van der Waals surface area contributed by atoms with Crippen molar-refractivity contribution in [2.45, 2.75) is 19.9 Å². The van der Waals surface area contributed by atoms with E-state index in [1.165, 1.54) is 30.4 Å². The fourth-order valence-corrected chi connectivity index (χ4v) is 4.42. The number of nitrogens with zero attached hydrogens (tertiary/aromatic N) is 3. The fourth-order valence-electron chi connectivity index (χ4n) is 3.58. The number of ether oxygens (including phenoxy) is 1. The first-order valence-electron chi connectivity index (χ1n) is 9.81. The number of imide groups is 1. The van der Waals surface area contributed by atoms with Gasteiger partial charge in [-0.05, 0) is 44.2 Å². The molecule has 11 heteroatoms. The summed E-state index contributed by atoms with van der Waals surface area (Å²) < 4.78 is 5.16. The topological polar surface area (TPSA) is 132 Å². The second-order valence-electron chi connectivity index (χ2n) is 7.25. The molecule has 1 aliphatic rings. The molecule has 2 heterocycles. The molecule has 0 saturated carbocycles. The molecule has 1 aromatic heterocycles. The first-order valence-corrected chi connectivity index (χ1v) is 10.6. The molecular weight excluding hydrogens is 448 g/mol. The van der Waals surface area contributed by atoms with Gasteiger partial charge in [-0.15, -0.1) is 11.3 Å². The molecule has 3 aromatic rings. The summed E-state index contributed by atoms with van der Waals surface area (Å²) in [4.78, 5) is 55.1. The number of carbonyl (C=O) groups is 3. The first kappa shape index (κ1) is 22.1. The number of benzene rings is 2. The van der Waals surface area contributed by atoms with Crippen molar-refractivity contribution < 1.29 is 24.0 Å². The van der Waals surface area contributed by atoms with Crippen LogP contribution in [-0.2, 0) is 4.79 Å². The number of aryl methyl sites for hydroxylation is 1. The SMILES string of the molecule is COc1ccc(-c2nc(NC(=O)[C@H](C)N3C(=O)c4cccc([N+](=O)[O-])c4C3=O)sc2C)cc1. The van der Waals surface area contributed by atoms with Crippen LogP contribution in [0.25, 0.3) is 11.3 Å². The summed E-state index contributed by atoms with van der Waals surface area (Å²) in [6, 6.07) is 9.91. The Labute approximate surface area is 192 Å². The average molecular weight is 466 g/mol. The van der Waals surface area contributed by atoms with E-state index in [1.54, 1.807) is 19.2 Å². The molecule has 1 aliphatic heterocycles. The largest absolute Gasteiger partial charge is 0.497 e. The molecule has 0 fully saturated rings. The van der Waals surface area contributed by atoms with Crippen LogP contribution >= 0.6 is 11.3 Å². The smallest absolute Gasteiger partial charge is 0.282 e. The normalized spacial score (nSPS) is 13.6. The zero-order valence-corrected chi connectivity index (χ0v) is 18.6. The standard InChI is InChI=1S/C22H18N4O6S/c1-11(25-20(28)15-5-4-6-16(26(30)31)17(15)21(25)29)19(27)24-22-23-18(12(2)33-22)13-7-9-14(32-3)10-8-13/h4-11H,1-3H3,(H,23,24,27)/t11-/m0/s1. The molecular formula is C22H18N4O6S. The molecule has 1 N–H and O–H groups in total. The van der Waals surface area contributed by atoms with Gasteiger partial charge >= 0.3 is 0 Å². The lowest BCUT2D eigenvalue weighted by atomic mass is 10.1.